The summed E-state index contributed by atoms with van der Waals surface area (Å²) < 4.78 is 0. The average Bonchev–Trinajstić information content (AvgIpc) is 2.27. The number of hydrogen-bond acceptors (Lipinski definition) is 2. The molecule has 0 aromatic rings. The lowest BCUT2D eigenvalue weighted by molar-refractivity contribution is 0.234. The number of rotatable bonds is 0. The van der Waals surface area contributed by atoms with Gasteiger partial charge in [-0.1, -0.05) is 0 Å². The zero-order chi connectivity index (χ0) is 7.84. The molecule has 2 atom stereocenters. The van der Waals surface area contributed by atoms with Gasteiger partial charge >= 0.3 is 0 Å². The molecule has 0 aliphatic carbocycles. The van der Waals surface area contributed by atoms with Crippen LogP contribution in [0.4, 0.5) is 0 Å². The largest absolute Gasteiger partial charge is 0.353 e. The summed E-state index contributed by atoms with van der Waals surface area (Å²) in [5.41, 5.74) is 0. The van der Waals surface area contributed by atoms with Crippen LogP contribution in [-0.2, 0) is 0 Å². The van der Waals surface area contributed by atoms with E-state index in [1.807, 2.05) is 9.62 Å². The molecule has 0 aromatic heterocycles. The van der Waals surface area contributed by atoms with Gasteiger partial charge in [-0.2, -0.15) is 0 Å². The predicted molar refractivity (Wildman–Crippen MR) is 46.3 cm³/mol. The van der Waals surface area contributed by atoms with E-state index >= 15 is 0 Å². The number of fused-ring (bicyclic) bond motifs is 1. The predicted octanol–water partition coefficient (Wildman–Crippen LogP) is -0.593. The number of piperidine rings is 1. The molecule has 2 nitrogen and oxygen atoms in total. The Kier molecular flexibility index (Phi) is 1.98. The molecule has 2 saturated heterocycles. The SMILES string of the molecule is [B]N1CC[C@H]2CN([B])C[C@@H]2C1. The molecule has 2 aliphatic rings. The van der Waals surface area contributed by atoms with Crippen LogP contribution in [-0.4, -0.2) is 51.8 Å². The quantitative estimate of drug-likeness (QED) is 0.421. The summed E-state index contributed by atoms with van der Waals surface area (Å²) in [5.74, 6) is 1.53. The Morgan fingerprint density at radius 3 is 2.36 bits per heavy atom. The number of hydrogen-bond donors (Lipinski definition) is 0. The van der Waals surface area contributed by atoms with E-state index in [1.165, 1.54) is 6.42 Å². The van der Waals surface area contributed by atoms with Crippen LogP contribution in [0.5, 0.6) is 0 Å². The summed E-state index contributed by atoms with van der Waals surface area (Å²) in [7, 11) is 11.4. The third-order valence-electron chi connectivity index (χ3n) is 2.86. The molecular weight excluding hydrogens is 134 g/mol. The van der Waals surface area contributed by atoms with Gasteiger partial charge in [-0.05, 0) is 44.4 Å². The second kappa shape index (κ2) is 2.83. The molecule has 0 saturated carbocycles. The Balaban J connectivity index is 1.97. The third-order valence-corrected chi connectivity index (χ3v) is 2.86. The van der Waals surface area contributed by atoms with E-state index in [-0.39, 0.29) is 0 Å². The van der Waals surface area contributed by atoms with Crippen molar-refractivity contribution < 1.29 is 0 Å². The summed E-state index contributed by atoms with van der Waals surface area (Å²) >= 11 is 0. The van der Waals surface area contributed by atoms with Crippen LogP contribution in [0, 0.1) is 11.8 Å². The molecule has 0 N–H and O–H groups in total. The molecular formula is C7H12B2N2. The summed E-state index contributed by atoms with van der Waals surface area (Å²) in [6.45, 7) is 4.16. The molecule has 2 rings (SSSR count). The minimum absolute atomic E-state index is 0.721. The maximum absolute atomic E-state index is 5.71. The van der Waals surface area contributed by atoms with Crippen molar-refractivity contribution in [3.63, 3.8) is 0 Å². The van der Waals surface area contributed by atoms with E-state index in [9.17, 15) is 0 Å². The zero-order valence-electron chi connectivity index (χ0n) is 6.74. The van der Waals surface area contributed by atoms with E-state index in [0.29, 0.717) is 0 Å². The number of nitrogens with zero attached hydrogens (tertiary/aromatic N) is 2. The molecule has 11 heavy (non-hydrogen) atoms. The van der Waals surface area contributed by atoms with E-state index in [4.69, 9.17) is 16.0 Å². The molecule has 2 heterocycles. The van der Waals surface area contributed by atoms with Gasteiger partial charge in [0, 0.05) is 0 Å². The molecule has 4 heteroatoms. The monoisotopic (exact) mass is 146 g/mol. The molecule has 0 amide bonds. The highest BCUT2D eigenvalue weighted by atomic mass is 15.1. The van der Waals surface area contributed by atoms with Gasteiger partial charge in [0.15, 0.2) is 16.0 Å². The average molecular weight is 146 g/mol. The smallest absolute Gasteiger partial charge is 0.182 e. The maximum Gasteiger partial charge on any atom is 0.182 e. The lowest BCUT2D eigenvalue weighted by Crippen LogP contribution is -2.38. The van der Waals surface area contributed by atoms with Crippen molar-refractivity contribution >= 4 is 16.0 Å². The van der Waals surface area contributed by atoms with Gasteiger partial charge in [0.05, 0.1) is 0 Å². The van der Waals surface area contributed by atoms with E-state index in [1.54, 1.807) is 0 Å². The molecule has 0 bridgehead atoms. The van der Waals surface area contributed by atoms with Gasteiger partial charge in [0.2, 0.25) is 0 Å². The van der Waals surface area contributed by atoms with Crippen LogP contribution in [0.25, 0.3) is 0 Å². The standard InChI is InChI=1S/C7H12B2N2/c8-10-2-1-6-3-11(9)5-7(6)4-10/h6-7H,1-5H2/t6-,7-/m0/s1. The highest BCUT2D eigenvalue weighted by Gasteiger charge is 2.33. The van der Waals surface area contributed by atoms with Crippen LogP contribution < -0.4 is 0 Å². The lowest BCUT2D eigenvalue weighted by Gasteiger charge is -2.32. The summed E-state index contributed by atoms with van der Waals surface area (Å²) in [4.78, 5) is 3.84. The first-order chi connectivity index (χ1) is 5.25. The first-order valence-corrected chi connectivity index (χ1v) is 4.25. The normalized spacial score (nSPS) is 40.7. The van der Waals surface area contributed by atoms with Crippen LogP contribution >= 0.6 is 0 Å². The molecule has 4 radical (unpaired) electrons. The highest BCUT2D eigenvalue weighted by molar-refractivity contribution is 6.05. The van der Waals surface area contributed by atoms with Crippen LogP contribution in [0.2, 0.25) is 0 Å². The molecule has 2 aliphatic heterocycles. The lowest BCUT2D eigenvalue weighted by atomic mass is 9.87. The van der Waals surface area contributed by atoms with Crippen molar-refractivity contribution in [3.8, 4) is 0 Å². The Labute approximate surface area is 70.8 Å². The topological polar surface area (TPSA) is 6.48 Å². The van der Waals surface area contributed by atoms with Gasteiger partial charge < -0.3 is 9.62 Å². The second-order valence-electron chi connectivity index (χ2n) is 3.76. The van der Waals surface area contributed by atoms with Crippen LogP contribution in [0.1, 0.15) is 6.42 Å². The summed E-state index contributed by atoms with van der Waals surface area (Å²) in [6.07, 6.45) is 1.22. The van der Waals surface area contributed by atoms with Crippen molar-refractivity contribution in [2.75, 3.05) is 26.2 Å². The molecule has 2 fully saturated rings. The molecule has 56 valence electrons. The summed E-state index contributed by atoms with van der Waals surface area (Å²) in [5, 5.41) is 0. The van der Waals surface area contributed by atoms with Gasteiger partial charge in [0.25, 0.3) is 0 Å². The Morgan fingerprint density at radius 2 is 1.55 bits per heavy atom. The van der Waals surface area contributed by atoms with Crippen molar-refractivity contribution in [3.05, 3.63) is 0 Å². The molecule has 0 spiro atoms. The van der Waals surface area contributed by atoms with E-state index in [2.05, 4.69) is 0 Å². The molecule has 0 unspecified atom stereocenters. The van der Waals surface area contributed by atoms with Crippen LogP contribution in [0.3, 0.4) is 0 Å². The van der Waals surface area contributed by atoms with Crippen molar-refractivity contribution in [1.29, 1.82) is 0 Å². The fourth-order valence-corrected chi connectivity index (χ4v) is 2.23. The van der Waals surface area contributed by atoms with Crippen molar-refractivity contribution in [2.45, 2.75) is 6.42 Å². The third kappa shape index (κ3) is 1.47. The Hall–Kier alpha value is 0.0499. The maximum atomic E-state index is 5.71. The second-order valence-corrected chi connectivity index (χ2v) is 3.76. The van der Waals surface area contributed by atoms with Crippen LogP contribution in [0.15, 0.2) is 0 Å². The fourth-order valence-electron chi connectivity index (χ4n) is 2.23. The van der Waals surface area contributed by atoms with Gasteiger partial charge in [-0.15, -0.1) is 0 Å². The van der Waals surface area contributed by atoms with Gasteiger partial charge in [-0.3, -0.25) is 0 Å². The fraction of sp³-hybridized carbons (Fsp3) is 1.00. The van der Waals surface area contributed by atoms with Gasteiger partial charge in [0.1, 0.15) is 0 Å². The van der Waals surface area contributed by atoms with Gasteiger partial charge in [-0.25, -0.2) is 0 Å². The first kappa shape index (κ1) is 7.69. The van der Waals surface area contributed by atoms with Crippen molar-refractivity contribution in [1.82, 2.24) is 9.62 Å². The summed E-state index contributed by atoms with van der Waals surface area (Å²) in [6, 6.07) is 0. The minimum atomic E-state index is 0.721. The highest BCUT2D eigenvalue weighted by Crippen LogP contribution is 2.28. The van der Waals surface area contributed by atoms with E-state index < -0.39 is 0 Å². The van der Waals surface area contributed by atoms with E-state index in [0.717, 1.165) is 38.0 Å². The zero-order valence-corrected chi connectivity index (χ0v) is 6.74. The molecule has 0 aromatic carbocycles. The minimum Gasteiger partial charge on any atom is -0.353 e. The Morgan fingerprint density at radius 1 is 0.909 bits per heavy atom. The first-order valence-electron chi connectivity index (χ1n) is 4.25. The van der Waals surface area contributed by atoms with Crippen molar-refractivity contribution in [2.24, 2.45) is 11.8 Å². The Bertz CT molecular complexity index is 153.